The number of hydrogen-bond donors (Lipinski definition) is 1. The highest BCUT2D eigenvalue weighted by atomic mass is 16.5. The van der Waals surface area contributed by atoms with Crippen molar-refractivity contribution >= 4 is 5.82 Å². The van der Waals surface area contributed by atoms with Crippen molar-refractivity contribution in [3.63, 3.8) is 0 Å². The molecule has 4 heteroatoms. The van der Waals surface area contributed by atoms with Gasteiger partial charge in [0.1, 0.15) is 23.9 Å². The first-order chi connectivity index (χ1) is 8.47. The third-order valence-corrected chi connectivity index (χ3v) is 2.94. The Morgan fingerprint density at radius 3 is 2.28 bits per heavy atom. The molecule has 0 spiro atoms. The van der Waals surface area contributed by atoms with Crippen molar-refractivity contribution < 1.29 is 4.74 Å². The molecule has 2 N–H and O–H groups in total. The Labute approximate surface area is 107 Å². The summed E-state index contributed by atoms with van der Waals surface area (Å²) in [5.41, 5.74) is 10.1. The fraction of sp³-hybridized carbons (Fsp3) is 0.357. The molecule has 0 atom stereocenters. The zero-order valence-corrected chi connectivity index (χ0v) is 11.3. The Kier molecular flexibility index (Phi) is 3.28. The van der Waals surface area contributed by atoms with Crippen LogP contribution in [0.25, 0.3) is 0 Å². The number of aryl methyl sites for hydroxylation is 4. The van der Waals surface area contributed by atoms with E-state index in [1.807, 2.05) is 13.1 Å². The largest absolute Gasteiger partial charge is 0.487 e. The Balaban J connectivity index is 2.15. The van der Waals surface area contributed by atoms with Gasteiger partial charge in [0.2, 0.25) is 0 Å². The lowest BCUT2D eigenvalue weighted by molar-refractivity contribution is 0.296. The van der Waals surface area contributed by atoms with E-state index in [9.17, 15) is 0 Å². The van der Waals surface area contributed by atoms with Crippen LogP contribution in [-0.4, -0.2) is 9.78 Å². The molecule has 0 unspecified atom stereocenters. The quantitative estimate of drug-likeness (QED) is 0.904. The van der Waals surface area contributed by atoms with Gasteiger partial charge < -0.3 is 10.5 Å². The molecule has 1 aromatic carbocycles. The molecule has 0 fully saturated rings. The summed E-state index contributed by atoms with van der Waals surface area (Å²) >= 11 is 0. The maximum atomic E-state index is 5.85. The summed E-state index contributed by atoms with van der Waals surface area (Å²) in [6.07, 6.45) is 0. The summed E-state index contributed by atoms with van der Waals surface area (Å²) in [6, 6.07) is 6.07. The molecule has 1 heterocycles. The average Bonchev–Trinajstić information content (AvgIpc) is 2.56. The van der Waals surface area contributed by atoms with Gasteiger partial charge in [-0.1, -0.05) is 17.7 Å². The van der Waals surface area contributed by atoms with Gasteiger partial charge in [0.05, 0.1) is 0 Å². The first-order valence-corrected chi connectivity index (χ1v) is 5.96. The van der Waals surface area contributed by atoms with Crippen LogP contribution in [0.5, 0.6) is 5.75 Å². The second-order valence-electron chi connectivity index (χ2n) is 4.70. The molecule has 96 valence electrons. The maximum absolute atomic E-state index is 5.85. The zero-order chi connectivity index (χ0) is 13.3. The molecule has 18 heavy (non-hydrogen) atoms. The number of nitrogens with zero attached hydrogens (tertiary/aromatic N) is 2. The first-order valence-electron chi connectivity index (χ1n) is 5.96. The third kappa shape index (κ3) is 2.47. The molecular formula is C14H19N3O. The minimum Gasteiger partial charge on any atom is -0.487 e. The molecule has 0 aliphatic rings. The van der Waals surface area contributed by atoms with Gasteiger partial charge in [-0.25, -0.2) is 0 Å². The van der Waals surface area contributed by atoms with Crippen molar-refractivity contribution in [1.29, 1.82) is 0 Å². The van der Waals surface area contributed by atoms with E-state index in [1.165, 1.54) is 5.56 Å². The molecule has 4 nitrogen and oxygen atoms in total. The topological polar surface area (TPSA) is 53.1 Å². The highest BCUT2D eigenvalue weighted by molar-refractivity contribution is 5.43. The summed E-state index contributed by atoms with van der Waals surface area (Å²) in [7, 11) is 1.82. The molecule has 0 radical (unpaired) electrons. The van der Waals surface area contributed by atoms with E-state index in [0.29, 0.717) is 12.4 Å². The molecule has 0 saturated heterocycles. The van der Waals surface area contributed by atoms with Crippen LogP contribution in [0.1, 0.15) is 22.4 Å². The lowest BCUT2D eigenvalue weighted by Gasteiger charge is -2.12. The van der Waals surface area contributed by atoms with E-state index in [0.717, 1.165) is 22.6 Å². The zero-order valence-electron chi connectivity index (χ0n) is 11.3. The van der Waals surface area contributed by atoms with Crippen LogP contribution < -0.4 is 10.5 Å². The van der Waals surface area contributed by atoms with E-state index in [2.05, 4.69) is 38.0 Å². The van der Waals surface area contributed by atoms with E-state index in [-0.39, 0.29) is 0 Å². The third-order valence-electron chi connectivity index (χ3n) is 2.94. The van der Waals surface area contributed by atoms with Gasteiger partial charge in [-0.3, -0.25) is 4.68 Å². The van der Waals surface area contributed by atoms with Crippen LogP contribution in [0.15, 0.2) is 18.2 Å². The van der Waals surface area contributed by atoms with E-state index >= 15 is 0 Å². The number of benzene rings is 1. The summed E-state index contributed by atoms with van der Waals surface area (Å²) in [6.45, 7) is 6.64. The Hall–Kier alpha value is -1.97. The Morgan fingerprint density at radius 2 is 1.78 bits per heavy atom. The summed E-state index contributed by atoms with van der Waals surface area (Å²) in [4.78, 5) is 0. The summed E-state index contributed by atoms with van der Waals surface area (Å²) in [5.74, 6) is 1.58. The molecule has 0 amide bonds. The minimum atomic E-state index is 0.440. The van der Waals surface area contributed by atoms with Crippen molar-refractivity contribution in [2.45, 2.75) is 27.4 Å². The van der Waals surface area contributed by atoms with Crippen molar-refractivity contribution in [1.82, 2.24) is 9.78 Å². The van der Waals surface area contributed by atoms with E-state index in [4.69, 9.17) is 10.5 Å². The van der Waals surface area contributed by atoms with E-state index < -0.39 is 0 Å². The highest BCUT2D eigenvalue weighted by Crippen LogP contribution is 2.25. The molecule has 0 aliphatic heterocycles. The maximum Gasteiger partial charge on any atom is 0.132 e. The molecule has 0 aliphatic carbocycles. The van der Waals surface area contributed by atoms with Crippen molar-refractivity contribution in [3.05, 3.63) is 40.6 Å². The SMILES string of the molecule is Cc1cc(C)c(OCc2cc(N)n(C)n2)c(C)c1. The van der Waals surface area contributed by atoms with Crippen LogP contribution in [0, 0.1) is 20.8 Å². The first kappa shape index (κ1) is 12.5. The molecule has 1 aromatic heterocycles. The lowest BCUT2D eigenvalue weighted by atomic mass is 10.1. The van der Waals surface area contributed by atoms with Crippen LogP contribution >= 0.6 is 0 Å². The summed E-state index contributed by atoms with van der Waals surface area (Å²) in [5, 5.41) is 4.27. The smallest absolute Gasteiger partial charge is 0.132 e. The normalized spacial score (nSPS) is 10.7. The number of aromatic nitrogens is 2. The molecular weight excluding hydrogens is 226 g/mol. The lowest BCUT2D eigenvalue weighted by Crippen LogP contribution is -2.01. The Bertz CT molecular complexity index is 530. The number of nitrogens with two attached hydrogens (primary N) is 1. The van der Waals surface area contributed by atoms with Gasteiger partial charge in [-0.15, -0.1) is 0 Å². The number of nitrogen functional groups attached to an aromatic ring is 1. The van der Waals surface area contributed by atoms with Crippen molar-refractivity contribution in [2.24, 2.45) is 7.05 Å². The van der Waals surface area contributed by atoms with Gasteiger partial charge in [0, 0.05) is 13.1 Å². The minimum absolute atomic E-state index is 0.440. The van der Waals surface area contributed by atoms with Gasteiger partial charge in [-0.05, 0) is 31.9 Å². The fourth-order valence-corrected chi connectivity index (χ4v) is 2.15. The van der Waals surface area contributed by atoms with Crippen LogP contribution in [0.4, 0.5) is 5.82 Å². The second-order valence-corrected chi connectivity index (χ2v) is 4.70. The number of hydrogen-bond acceptors (Lipinski definition) is 3. The highest BCUT2D eigenvalue weighted by Gasteiger charge is 2.07. The molecule has 0 bridgehead atoms. The summed E-state index contributed by atoms with van der Waals surface area (Å²) < 4.78 is 7.49. The van der Waals surface area contributed by atoms with Gasteiger partial charge >= 0.3 is 0 Å². The monoisotopic (exact) mass is 245 g/mol. The predicted octanol–water partition coefficient (Wildman–Crippen LogP) is 2.51. The van der Waals surface area contributed by atoms with Gasteiger partial charge in [0.25, 0.3) is 0 Å². The number of anilines is 1. The van der Waals surface area contributed by atoms with Crippen LogP contribution in [0.2, 0.25) is 0 Å². The number of rotatable bonds is 3. The van der Waals surface area contributed by atoms with Crippen molar-refractivity contribution in [2.75, 3.05) is 5.73 Å². The fourth-order valence-electron chi connectivity index (χ4n) is 2.15. The Morgan fingerprint density at radius 1 is 1.17 bits per heavy atom. The molecule has 2 aromatic rings. The number of ether oxygens (including phenoxy) is 1. The molecule has 0 saturated carbocycles. The average molecular weight is 245 g/mol. The second kappa shape index (κ2) is 4.72. The van der Waals surface area contributed by atoms with Crippen LogP contribution in [-0.2, 0) is 13.7 Å². The molecule has 2 rings (SSSR count). The standard InChI is InChI=1S/C14H19N3O/c1-9-5-10(2)14(11(3)6-9)18-8-12-7-13(15)17(4)16-12/h5-7H,8,15H2,1-4H3. The van der Waals surface area contributed by atoms with Crippen LogP contribution in [0.3, 0.4) is 0 Å². The van der Waals surface area contributed by atoms with E-state index in [1.54, 1.807) is 4.68 Å². The van der Waals surface area contributed by atoms with Crippen molar-refractivity contribution in [3.8, 4) is 5.75 Å². The predicted molar refractivity (Wildman–Crippen MR) is 72.6 cm³/mol. The van der Waals surface area contributed by atoms with Gasteiger partial charge in [-0.2, -0.15) is 5.10 Å². The van der Waals surface area contributed by atoms with Gasteiger partial charge in [0.15, 0.2) is 0 Å².